The maximum absolute atomic E-state index is 12.5. The van der Waals surface area contributed by atoms with Gasteiger partial charge in [-0.15, -0.1) is 10.2 Å². The summed E-state index contributed by atoms with van der Waals surface area (Å²) < 4.78 is 160. The first-order valence-electron chi connectivity index (χ1n) is 14.7. The second-order valence-electron chi connectivity index (χ2n) is 11.2. The van der Waals surface area contributed by atoms with Gasteiger partial charge in [-0.3, -0.25) is 18.2 Å². The zero-order valence-electron chi connectivity index (χ0n) is 27.1. The van der Waals surface area contributed by atoms with E-state index < -0.39 is 87.2 Å². The molecule has 6 rings (SSSR count). The van der Waals surface area contributed by atoms with Gasteiger partial charge in [-0.05, 0) is 83.7 Å². The molecule has 0 aliphatic carbocycles. The van der Waals surface area contributed by atoms with Crippen molar-refractivity contribution in [1.29, 1.82) is 0 Å². The van der Waals surface area contributed by atoms with Crippen molar-refractivity contribution in [3.63, 3.8) is 0 Å². The minimum atomic E-state index is -5.24. The molecule has 6 N–H and O–H groups in total. The molecule has 0 saturated carbocycles. The van der Waals surface area contributed by atoms with Gasteiger partial charge in [-0.25, -0.2) is 8.42 Å². The summed E-state index contributed by atoms with van der Waals surface area (Å²) in [7, 11) is -23.4. The predicted molar refractivity (Wildman–Crippen MR) is 198 cm³/mol. The lowest BCUT2D eigenvalue weighted by atomic mass is 10.1. The summed E-state index contributed by atoms with van der Waals surface area (Å²) in [5, 5.41) is 11.7. The van der Waals surface area contributed by atoms with Crippen molar-refractivity contribution in [3.05, 3.63) is 84.1 Å². The largest absolute Gasteiger partial charge is 0.324 e. The van der Waals surface area contributed by atoms with Crippen molar-refractivity contribution in [3.8, 4) is 0 Å². The number of hydrogen-bond donors (Lipinski definition) is 7. The maximum Gasteiger partial charge on any atom is 0.296 e. The number of thiol groups is 1. The molecule has 0 bridgehead atoms. The Labute approximate surface area is 322 Å². The highest BCUT2D eigenvalue weighted by Gasteiger charge is 2.25. The Morgan fingerprint density at radius 1 is 0.589 bits per heavy atom. The lowest BCUT2D eigenvalue weighted by Gasteiger charge is -2.14. The first-order valence-corrected chi connectivity index (χ1v) is 22.0. The van der Waals surface area contributed by atoms with Gasteiger partial charge in [0, 0.05) is 21.8 Å². The van der Waals surface area contributed by atoms with E-state index in [1.165, 1.54) is 48.5 Å². The molecule has 27 heteroatoms. The van der Waals surface area contributed by atoms with Gasteiger partial charge in [0.25, 0.3) is 40.5 Å². The Morgan fingerprint density at radius 2 is 1.20 bits per heavy atom. The molecule has 0 aliphatic rings. The van der Waals surface area contributed by atoms with E-state index in [0.29, 0.717) is 23.9 Å². The van der Waals surface area contributed by atoms with Crippen molar-refractivity contribution in [2.75, 3.05) is 10.6 Å². The van der Waals surface area contributed by atoms with Crippen LogP contribution in [-0.2, 0) is 51.2 Å². The minimum Gasteiger partial charge on any atom is -0.324 e. The zero-order chi connectivity index (χ0) is 41.0. The third kappa shape index (κ3) is 8.73. The van der Waals surface area contributed by atoms with Crippen molar-refractivity contribution in [1.82, 2.24) is 15.0 Å². The van der Waals surface area contributed by atoms with Gasteiger partial charge in [0.05, 0.1) is 21.2 Å². The van der Waals surface area contributed by atoms with E-state index >= 15 is 0 Å². The number of rotatable bonds is 11. The van der Waals surface area contributed by atoms with E-state index in [2.05, 4.69) is 35.8 Å². The second-order valence-corrected chi connectivity index (χ2v) is 18.1. The van der Waals surface area contributed by atoms with E-state index in [9.17, 15) is 60.3 Å². The molecule has 0 fully saturated rings. The topological polar surface area (TPSA) is 339 Å². The standard InChI is InChI=1S/C29H20ClN7O14S5/c30-27-33-28(31-15-4-6-16(7-5-15)52(38)39)35-29(34-27)32-21-9-8-20(18-2-1-3-23(26(18)21)54(43,44)45)36-37-22-13-19-14(11-25(22)56(49,50)51)10-17(53(40,41)42)12-24(19)55(46,47)48/h1-13,52H,(H,40,41,42)(H,43,44,45)(H,46,47,48)(H,49,50,51)(H2,31,32,33,34,35). The van der Waals surface area contributed by atoms with Gasteiger partial charge in [0.15, 0.2) is 10.7 Å². The molecule has 1 aromatic heterocycles. The summed E-state index contributed by atoms with van der Waals surface area (Å²) in [4.78, 5) is 8.34. The molecule has 56 heavy (non-hydrogen) atoms. The average molecular weight is 886 g/mol. The third-order valence-corrected chi connectivity index (χ3v) is 11.9. The lowest BCUT2D eigenvalue weighted by molar-refractivity contribution is 0.479. The van der Waals surface area contributed by atoms with Gasteiger partial charge < -0.3 is 10.6 Å². The Hall–Kier alpha value is -5.29. The van der Waals surface area contributed by atoms with Crippen LogP contribution in [0.2, 0.25) is 5.28 Å². The quantitative estimate of drug-likeness (QED) is 0.0527. The minimum absolute atomic E-state index is 0.0466. The van der Waals surface area contributed by atoms with Crippen molar-refractivity contribution in [2.45, 2.75) is 24.5 Å². The van der Waals surface area contributed by atoms with E-state index in [0.717, 1.165) is 12.1 Å². The molecule has 0 unspecified atom stereocenters. The SMILES string of the molecule is O=[SH](=O)c1ccc(Nc2nc(Cl)nc(Nc3ccc(N=Nc4cc5c(S(=O)(=O)O)cc(S(=O)(=O)O)cc5cc4S(=O)(=O)O)c4cccc(S(=O)(=O)O)c34)n2)cc1. The predicted octanol–water partition coefficient (Wildman–Crippen LogP) is 4.69. The molecule has 0 saturated heterocycles. The van der Waals surface area contributed by atoms with Crippen molar-refractivity contribution >= 4 is 119 Å². The summed E-state index contributed by atoms with van der Waals surface area (Å²) in [6.07, 6.45) is 0. The number of halogens is 1. The zero-order valence-corrected chi connectivity index (χ0v) is 32.0. The van der Waals surface area contributed by atoms with Crippen LogP contribution in [0.1, 0.15) is 0 Å². The highest BCUT2D eigenvalue weighted by atomic mass is 35.5. The molecular formula is C29H20ClN7O14S5. The first-order chi connectivity index (χ1) is 26.0. The molecule has 0 radical (unpaired) electrons. The molecule has 1 heterocycles. The van der Waals surface area contributed by atoms with Gasteiger partial charge in [-0.1, -0.05) is 12.1 Å². The number of nitrogens with zero attached hydrogens (tertiary/aromatic N) is 5. The Morgan fingerprint density at radius 3 is 1.79 bits per heavy atom. The van der Waals surface area contributed by atoms with Crippen molar-refractivity contribution < 1.29 is 60.3 Å². The fraction of sp³-hybridized carbons (Fsp3) is 0. The molecule has 5 aromatic carbocycles. The van der Waals surface area contributed by atoms with Crippen molar-refractivity contribution in [2.24, 2.45) is 10.2 Å². The number of azo groups is 1. The van der Waals surface area contributed by atoms with Crippen LogP contribution in [0.5, 0.6) is 0 Å². The fourth-order valence-corrected chi connectivity index (χ4v) is 8.48. The summed E-state index contributed by atoms with van der Waals surface area (Å²) in [5.74, 6) is -0.388. The number of hydrogen-bond acceptors (Lipinski definition) is 17. The molecule has 0 atom stereocenters. The molecule has 0 aliphatic heterocycles. The van der Waals surface area contributed by atoms with E-state index in [1.807, 2.05) is 0 Å². The number of nitrogens with one attached hydrogen (secondary N) is 2. The lowest BCUT2D eigenvalue weighted by Crippen LogP contribution is -2.06. The van der Waals surface area contributed by atoms with Gasteiger partial charge in [0.2, 0.25) is 17.2 Å². The summed E-state index contributed by atoms with van der Waals surface area (Å²) >= 11 is 6.11. The highest BCUT2D eigenvalue weighted by molar-refractivity contribution is 7.87. The molecule has 6 aromatic rings. The van der Waals surface area contributed by atoms with E-state index in [1.54, 1.807) is 0 Å². The molecule has 0 spiro atoms. The summed E-state index contributed by atoms with van der Waals surface area (Å²) in [5.41, 5.74) is -0.662. The summed E-state index contributed by atoms with van der Waals surface area (Å²) in [6.45, 7) is 0. The van der Waals surface area contributed by atoms with Crippen LogP contribution in [0.4, 0.5) is 34.6 Å². The van der Waals surface area contributed by atoms with Crippen LogP contribution in [0, 0.1) is 0 Å². The third-order valence-electron chi connectivity index (χ3n) is 7.53. The van der Waals surface area contributed by atoms with Crippen LogP contribution in [0.15, 0.2) is 114 Å². The molecule has 0 amide bonds. The monoisotopic (exact) mass is 885 g/mol. The Bertz CT molecular complexity index is 3190. The normalized spacial score (nSPS) is 12.8. The van der Waals surface area contributed by atoms with Crippen LogP contribution in [-0.4, -0.2) is 75.3 Å². The molecule has 292 valence electrons. The fourth-order valence-electron chi connectivity index (χ4n) is 5.22. The summed E-state index contributed by atoms with van der Waals surface area (Å²) in [6, 6.07) is 13.9. The van der Waals surface area contributed by atoms with Gasteiger partial charge >= 0.3 is 0 Å². The second kappa shape index (κ2) is 14.7. The van der Waals surface area contributed by atoms with Crippen LogP contribution < -0.4 is 10.6 Å². The number of aromatic nitrogens is 3. The van der Waals surface area contributed by atoms with E-state index in [4.69, 9.17) is 11.6 Å². The Kier molecular flexibility index (Phi) is 10.6. The van der Waals surface area contributed by atoms with Gasteiger partial charge in [0.1, 0.15) is 20.4 Å². The number of anilines is 4. The molecule has 21 nitrogen and oxygen atoms in total. The Balaban J connectivity index is 1.48. The number of benzene rings is 5. The van der Waals surface area contributed by atoms with Crippen LogP contribution in [0.25, 0.3) is 21.5 Å². The maximum atomic E-state index is 12.5. The first kappa shape index (κ1) is 40.4. The van der Waals surface area contributed by atoms with Crippen LogP contribution >= 0.6 is 11.6 Å². The smallest absolute Gasteiger partial charge is 0.296 e. The molecular weight excluding hydrogens is 866 g/mol. The number of fused-ring (bicyclic) bond motifs is 2. The van der Waals surface area contributed by atoms with Gasteiger partial charge in [-0.2, -0.15) is 48.6 Å². The highest BCUT2D eigenvalue weighted by Crippen LogP contribution is 2.40. The van der Waals surface area contributed by atoms with E-state index in [-0.39, 0.29) is 44.2 Å². The average Bonchev–Trinajstić information content (AvgIpc) is 3.08. The van der Waals surface area contributed by atoms with Crippen LogP contribution in [0.3, 0.4) is 0 Å².